The first kappa shape index (κ1) is 19.4. The lowest BCUT2D eigenvalue weighted by Crippen LogP contribution is -2.32. The van der Waals surface area contributed by atoms with Gasteiger partial charge in [0.2, 0.25) is 0 Å². The van der Waals surface area contributed by atoms with E-state index in [9.17, 15) is 10.2 Å². The zero-order valence-electron chi connectivity index (χ0n) is 17.4. The first-order valence-corrected chi connectivity index (χ1v) is 10.9. The fourth-order valence-electron chi connectivity index (χ4n) is 4.64. The molecule has 3 heterocycles. The maximum absolute atomic E-state index is 10.8. The summed E-state index contributed by atoms with van der Waals surface area (Å²) in [7, 11) is 0. The van der Waals surface area contributed by atoms with Crippen LogP contribution in [0.25, 0.3) is 22.2 Å². The van der Waals surface area contributed by atoms with Gasteiger partial charge in [0.25, 0.3) is 0 Å². The SMILES string of the molecule is O[C@H]1[C@H](n2cc(-c3ccccc3)c3c(NCc4ccccc4)ncnc32)OC2(CC2)[C@H]1O. The van der Waals surface area contributed by atoms with Gasteiger partial charge in [0.1, 0.15) is 30.0 Å². The average molecular weight is 428 g/mol. The lowest BCUT2D eigenvalue weighted by molar-refractivity contribution is -0.0456. The van der Waals surface area contributed by atoms with Crippen LogP contribution in [-0.4, -0.2) is 42.6 Å². The number of rotatable bonds is 5. The maximum Gasteiger partial charge on any atom is 0.164 e. The highest BCUT2D eigenvalue weighted by molar-refractivity contribution is 6.01. The van der Waals surface area contributed by atoms with Crippen molar-refractivity contribution < 1.29 is 14.9 Å². The van der Waals surface area contributed by atoms with Gasteiger partial charge in [-0.3, -0.25) is 0 Å². The van der Waals surface area contributed by atoms with E-state index < -0.39 is 24.0 Å². The van der Waals surface area contributed by atoms with Gasteiger partial charge in [-0.1, -0.05) is 60.7 Å². The molecular weight excluding hydrogens is 404 g/mol. The monoisotopic (exact) mass is 428 g/mol. The second kappa shape index (κ2) is 7.41. The normalized spacial score (nSPS) is 23.6. The summed E-state index contributed by atoms with van der Waals surface area (Å²) < 4.78 is 8.02. The zero-order chi connectivity index (χ0) is 21.7. The Balaban J connectivity index is 1.47. The summed E-state index contributed by atoms with van der Waals surface area (Å²) in [5, 5.41) is 25.6. The van der Waals surface area contributed by atoms with Crippen molar-refractivity contribution in [3.05, 3.63) is 78.8 Å². The Morgan fingerprint density at radius 1 is 1.00 bits per heavy atom. The van der Waals surface area contributed by atoms with Crippen LogP contribution in [0.5, 0.6) is 0 Å². The van der Waals surface area contributed by atoms with Crippen molar-refractivity contribution in [1.29, 1.82) is 0 Å². The molecule has 1 saturated heterocycles. The number of hydrogen-bond acceptors (Lipinski definition) is 6. The van der Waals surface area contributed by atoms with E-state index in [0.717, 1.165) is 34.9 Å². The number of aliphatic hydroxyl groups excluding tert-OH is 2. The number of nitrogens with zero attached hydrogens (tertiary/aromatic N) is 3. The topological polar surface area (TPSA) is 92.4 Å². The van der Waals surface area contributed by atoms with Gasteiger partial charge in [-0.05, 0) is 24.0 Å². The standard InChI is InChI=1S/C25H24N4O3/c30-20-21(31)25(11-12-25)32-24(20)29-14-18(17-9-5-2-6-10-17)19-22(27-15-28-23(19)29)26-13-16-7-3-1-4-8-16/h1-10,14-15,20-21,24,30-31H,11-13H2,(H,26,27,28)/t20-,21+,24-/m1/s1. The second-order valence-electron chi connectivity index (χ2n) is 8.58. The van der Waals surface area contributed by atoms with Gasteiger partial charge in [0, 0.05) is 18.3 Å². The van der Waals surface area contributed by atoms with Crippen molar-refractivity contribution in [2.24, 2.45) is 0 Å². The second-order valence-corrected chi connectivity index (χ2v) is 8.58. The summed E-state index contributed by atoms with van der Waals surface area (Å²) in [6.45, 7) is 0.622. The molecule has 0 amide bonds. The molecule has 1 aliphatic heterocycles. The van der Waals surface area contributed by atoms with Crippen molar-refractivity contribution in [3.8, 4) is 11.1 Å². The number of aliphatic hydroxyl groups is 2. The van der Waals surface area contributed by atoms with E-state index in [-0.39, 0.29) is 0 Å². The van der Waals surface area contributed by atoms with Crippen LogP contribution in [0, 0.1) is 0 Å². The lowest BCUT2D eigenvalue weighted by atomic mass is 10.1. The van der Waals surface area contributed by atoms with Gasteiger partial charge in [0.05, 0.1) is 11.0 Å². The van der Waals surface area contributed by atoms with Crippen LogP contribution in [0.1, 0.15) is 24.6 Å². The number of benzene rings is 2. The molecular formula is C25H24N4O3. The predicted octanol–water partition coefficient (Wildman–Crippen LogP) is 3.49. The Labute approximate surface area is 185 Å². The quantitative estimate of drug-likeness (QED) is 0.451. The number of fused-ring (bicyclic) bond motifs is 1. The Morgan fingerprint density at radius 3 is 2.41 bits per heavy atom. The summed E-state index contributed by atoms with van der Waals surface area (Å²) in [5.41, 5.74) is 3.13. The van der Waals surface area contributed by atoms with Gasteiger partial charge in [0.15, 0.2) is 6.23 Å². The number of hydrogen-bond donors (Lipinski definition) is 3. The van der Waals surface area contributed by atoms with Crippen LogP contribution in [0.2, 0.25) is 0 Å². The molecule has 2 fully saturated rings. The molecule has 2 aliphatic rings. The Bertz CT molecular complexity index is 1250. The van der Waals surface area contributed by atoms with Gasteiger partial charge >= 0.3 is 0 Å². The number of anilines is 1. The summed E-state index contributed by atoms with van der Waals surface area (Å²) in [4.78, 5) is 9.09. The van der Waals surface area contributed by atoms with Gasteiger partial charge in [-0.25, -0.2) is 9.97 Å². The minimum Gasteiger partial charge on any atom is -0.387 e. The smallest absolute Gasteiger partial charge is 0.164 e. The highest BCUT2D eigenvalue weighted by atomic mass is 16.6. The van der Waals surface area contributed by atoms with Crippen LogP contribution in [0.3, 0.4) is 0 Å². The third-order valence-electron chi connectivity index (χ3n) is 6.52. The summed E-state index contributed by atoms with van der Waals surface area (Å²) in [6.07, 6.45) is 2.35. The average Bonchev–Trinajstić information content (AvgIpc) is 3.47. The predicted molar refractivity (Wildman–Crippen MR) is 121 cm³/mol. The van der Waals surface area contributed by atoms with E-state index in [1.807, 2.05) is 59.3 Å². The zero-order valence-corrected chi connectivity index (χ0v) is 17.4. The van der Waals surface area contributed by atoms with Crippen molar-refractivity contribution >= 4 is 16.9 Å². The highest BCUT2D eigenvalue weighted by Crippen LogP contribution is 2.53. The Morgan fingerprint density at radius 2 is 1.72 bits per heavy atom. The Hall–Kier alpha value is -3.26. The van der Waals surface area contributed by atoms with Crippen molar-refractivity contribution in [2.75, 3.05) is 5.32 Å². The third-order valence-corrected chi connectivity index (χ3v) is 6.52. The molecule has 0 unspecified atom stereocenters. The van der Waals surface area contributed by atoms with E-state index >= 15 is 0 Å². The minimum absolute atomic E-state index is 0.622. The first-order valence-electron chi connectivity index (χ1n) is 10.9. The molecule has 2 aromatic carbocycles. The van der Waals surface area contributed by atoms with Crippen LogP contribution in [0.15, 0.2) is 73.2 Å². The van der Waals surface area contributed by atoms with Gasteiger partial charge < -0.3 is 24.8 Å². The molecule has 0 bridgehead atoms. The fourth-order valence-corrected chi connectivity index (χ4v) is 4.64. The van der Waals surface area contributed by atoms with Crippen molar-refractivity contribution in [3.63, 3.8) is 0 Å². The van der Waals surface area contributed by atoms with Crippen LogP contribution in [0.4, 0.5) is 5.82 Å². The van der Waals surface area contributed by atoms with Gasteiger partial charge in [-0.2, -0.15) is 0 Å². The van der Waals surface area contributed by atoms with E-state index in [2.05, 4.69) is 27.4 Å². The molecule has 7 nitrogen and oxygen atoms in total. The Kier molecular flexibility index (Phi) is 4.50. The van der Waals surface area contributed by atoms with E-state index in [0.29, 0.717) is 18.0 Å². The molecule has 0 radical (unpaired) electrons. The molecule has 162 valence electrons. The number of nitrogens with one attached hydrogen (secondary N) is 1. The first-order chi connectivity index (χ1) is 15.7. The van der Waals surface area contributed by atoms with Crippen molar-refractivity contribution in [1.82, 2.24) is 14.5 Å². The molecule has 7 heteroatoms. The lowest BCUT2D eigenvalue weighted by Gasteiger charge is -2.17. The van der Waals surface area contributed by atoms with Crippen molar-refractivity contribution in [2.45, 2.75) is 43.4 Å². The van der Waals surface area contributed by atoms with E-state index in [4.69, 9.17) is 4.74 Å². The maximum atomic E-state index is 10.8. The highest BCUT2D eigenvalue weighted by Gasteiger charge is 2.62. The van der Waals surface area contributed by atoms with Crippen LogP contribution in [-0.2, 0) is 11.3 Å². The minimum atomic E-state index is -1.02. The molecule has 3 N–H and O–H groups in total. The summed E-state index contributed by atoms with van der Waals surface area (Å²) >= 11 is 0. The van der Waals surface area contributed by atoms with Crippen LogP contribution < -0.4 is 5.32 Å². The van der Waals surface area contributed by atoms with E-state index in [1.165, 1.54) is 6.33 Å². The summed E-state index contributed by atoms with van der Waals surface area (Å²) in [6, 6.07) is 20.2. The summed E-state index contributed by atoms with van der Waals surface area (Å²) in [5.74, 6) is 0.714. The number of aromatic nitrogens is 3. The fraction of sp³-hybridized carbons (Fsp3) is 0.280. The van der Waals surface area contributed by atoms with Gasteiger partial charge in [-0.15, -0.1) is 0 Å². The largest absolute Gasteiger partial charge is 0.387 e. The molecule has 3 atom stereocenters. The molecule has 4 aromatic rings. The molecule has 2 aromatic heterocycles. The third kappa shape index (κ3) is 3.09. The molecule has 1 saturated carbocycles. The number of ether oxygens (including phenoxy) is 1. The van der Waals surface area contributed by atoms with Crippen LogP contribution >= 0.6 is 0 Å². The molecule has 6 rings (SSSR count). The molecule has 1 aliphatic carbocycles. The molecule has 1 spiro atoms. The van der Waals surface area contributed by atoms with E-state index in [1.54, 1.807) is 0 Å². The molecule has 32 heavy (non-hydrogen) atoms.